The molecule has 1 fully saturated rings. The molecule has 0 bridgehead atoms. The predicted molar refractivity (Wildman–Crippen MR) is 75.2 cm³/mol. The summed E-state index contributed by atoms with van der Waals surface area (Å²) in [4.78, 5) is 27.5. The van der Waals surface area contributed by atoms with Crippen LogP contribution in [0.15, 0.2) is 24.4 Å². The van der Waals surface area contributed by atoms with E-state index >= 15 is 0 Å². The molecule has 1 aromatic heterocycles. The summed E-state index contributed by atoms with van der Waals surface area (Å²) in [6.07, 6.45) is 2.47. The standard InChI is InChI=1S/C14H20N4O2/c1-10-8-15-7-5-11(10)18-13(19)9-17-14(20)12-4-2-3-6-16-12/h2-4,6,10-11,15H,5,7-9H2,1H3,(H,17,20)(H,18,19). The third kappa shape index (κ3) is 4.03. The largest absolute Gasteiger partial charge is 0.351 e. The third-order valence-corrected chi connectivity index (χ3v) is 3.44. The van der Waals surface area contributed by atoms with Gasteiger partial charge in [0, 0.05) is 12.2 Å². The zero-order valence-corrected chi connectivity index (χ0v) is 11.6. The lowest BCUT2D eigenvalue weighted by atomic mass is 9.95. The number of piperidine rings is 1. The number of carbonyl (C=O) groups is 2. The van der Waals surface area contributed by atoms with Crippen LogP contribution in [0.5, 0.6) is 0 Å². The van der Waals surface area contributed by atoms with Crippen molar-refractivity contribution in [2.45, 2.75) is 19.4 Å². The Kier molecular flexibility index (Phi) is 5.06. The van der Waals surface area contributed by atoms with Gasteiger partial charge in [0.05, 0.1) is 6.54 Å². The van der Waals surface area contributed by atoms with Crippen LogP contribution in [-0.2, 0) is 4.79 Å². The van der Waals surface area contributed by atoms with Crippen LogP contribution in [0.2, 0.25) is 0 Å². The van der Waals surface area contributed by atoms with Gasteiger partial charge in [0.15, 0.2) is 0 Å². The van der Waals surface area contributed by atoms with E-state index in [1.165, 1.54) is 0 Å². The average molecular weight is 276 g/mol. The molecule has 6 nitrogen and oxygen atoms in total. The van der Waals surface area contributed by atoms with Crippen LogP contribution in [0, 0.1) is 5.92 Å². The van der Waals surface area contributed by atoms with Gasteiger partial charge in [-0.15, -0.1) is 0 Å². The van der Waals surface area contributed by atoms with Gasteiger partial charge >= 0.3 is 0 Å². The number of hydrogen-bond donors (Lipinski definition) is 3. The van der Waals surface area contributed by atoms with Crippen LogP contribution in [-0.4, -0.2) is 42.5 Å². The molecule has 2 heterocycles. The fourth-order valence-electron chi connectivity index (χ4n) is 2.23. The fourth-order valence-corrected chi connectivity index (χ4v) is 2.23. The van der Waals surface area contributed by atoms with Gasteiger partial charge in [0.1, 0.15) is 5.69 Å². The minimum atomic E-state index is -0.334. The van der Waals surface area contributed by atoms with Gasteiger partial charge in [-0.1, -0.05) is 13.0 Å². The van der Waals surface area contributed by atoms with Crippen molar-refractivity contribution in [1.82, 2.24) is 20.9 Å². The first-order valence-corrected chi connectivity index (χ1v) is 6.86. The summed E-state index contributed by atoms with van der Waals surface area (Å²) >= 11 is 0. The molecule has 3 N–H and O–H groups in total. The second-order valence-corrected chi connectivity index (χ2v) is 5.04. The maximum Gasteiger partial charge on any atom is 0.270 e. The van der Waals surface area contributed by atoms with Gasteiger partial charge in [-0.2, -0.15) is 0 Å². The Hall–Kier alpha value is -1.95. The summed E-state index contributed by atoms with van der Waals surface area (Å²) in [5.74, 6) is -0.0914. The Morgan fingerprint density at radius 3 is 3.00 bits per heavy atom. The first kappa shape index (κ1) is 14.5. The Bertz CT molecular complexity index is 464. The molecule has 0 radical (unpaired) electrons. The van der Waals surface area contributed by atoms with E-state index in [1.54, 1.807) is 24.4 Å². The van der Waals surface area contributed by atoms with E-state index in [0.29, 0.717) is 11.6 Å². The topological polar surface area (TPSA) is 83.1 Å². The first-order chi connectivity index (χ1) is 9.66. The Morgan fingerprint density at radius 2 is 2.30 bits per heavy atom. The number of amides is 2. The zero-order valence-electron chi connectivity index (χ0n) is 11.6. The molecule has 2 unspecified atom stereocenters. The molecule has 0 saturated carbocycles. The number of pyridine rings is 1. The van der Waals surface area contributed by atoms with Crippen molar-refractivity contribution in [3.63, 3.8) is 0 Å². The molecule has 2 rings (SSSR count). The van der Waals surface area contributed by atoms with Gasteiger partial charge in [-0.25, -0.2) is 0 Å². The van der Waals surface area contributed by atoms with Crippen molar-refractivity contribution in [3.8, 4) is 0 Å². The highest BCUT2D eigenvalue weighted by atomic mass is 16.2. The molecular formula is C14H20N4O2. The minimum Gasteiger partial charge on any atom is -0.351 e. The zero-order chi connectivity index (χ0) is 14.4. The van der Waals surface area contributed by atoms with Crippen LogP contribution in [0.25, 0.3) is 0 Å². The van der Waals surface area contributed by atoms with Crippen molar-refractivity contribution in [1.29, 1.82) is 0 Å². The fraction of sp³-hybridized carbons (Fsp3) is 0.500. The van der Waals surface area contributed by atoms with E-state index in [9.17, 15) is 9.59 Å². The van der Waals surface area contributed by atoms with Crippen molar-refractivity contribution in [2.24, 2.45) is 5.92 Å². The van der Waals surface area contributed by atoms with E-state index in [0.717, 1.165) is 19.5 Å². The summed E-state index contributed by atoms with van der Waals surface area (Å²) in [6, 6.07) is 5.26. The maximum atomic E-state index is 11.8. The highest BCUT2D eigenvalue weighted by Crippen LogP contribution is 2.09. The van der Waals surface area contributed by atoms with Crippen molar-refractivity contribution < 1.29 is 9.59 Å². The van der Waals surface area contributed by atoms with Gasteiger partial charge in [-0.3, -0.25) is 14.6 Å². The lowest BCUT2D eigenvalue weighted by molar-refractivity contribution is -0.121. The minimum absolute atomic E-state index is 0.0218. The van der Waals surface area contributed by atoms with Crippen LogP contribution in [0.4, 0.5) is 0 Å². The summed E-state index contributed by atoms with van der Waals surface area (Å²) in [5.41, 5.74) is 0.315. The Morgan fingerprint density at radius 1 is 1.45 bits per heavy atom. The molecule has 0 aliphatic carbocycles. The predicted octanol–water partition coefficient (Wildman–Crippen LogP) is -0.0744. The van der Waals surface area contributed by atoms with Crippen LogP contribution < -0.4 is 16.0 Å². The quantitative estimate of drug-likeness (QED) is 0.718. The number of hydrogen-bond acceptors (Lipinski definition) is 4. The highest BCUT2D eigenvalue weighted by Gasteiger charge is 2.22. The molecule has 1 aliphatic rings. The smallest absolute Gasteiger partial charge is 0.270 e. The summed E-state index contributed by atoms with van der Waals surface area (Å²) < 4.78 is 0. The monoisotopic (exact) mass is 276 g/mol. The normalized spacial score (nSPS) is 22.1. The third-order valence-electron chi connectivity index (χ3n) is 3.44. The molecule has 1 saturated heterocycles. The molecule has 2 amide bonds. The van der Waals surface area contributed by atoms with E-state index in [-0.39, 0.29) is 24.4 Å². The van der Waals surface area contributed by atoms with E-state index in [1.807, 2.05) is 0 Å². The van der Waals surface area contributed by atoms with Crippen molar-refractivity contribution in [2.75, 3.05) is 19.6 Å². The molecule has 108 valence electrons. The molecule has 0 aromatic carbocycles. The number of nitrogens with one attached hydrogen (secondary N) is 3. The average Bonchev–Trinajstić information content (AvgIpc) is 2.48. The van der Waals surface area contributed by atoms with E-state index in [2.05, 4.69) is 27.9 Å². The maximum absolute atomic E-state index is 11.8. The second-order valence-electron chi connectivity index (χ2n) is 5.04. The molecule has 6 heteroatoms. The molecule has 1 aliphatic heterocycles. The Balaban J connectivity index is 1.76. The van der Waals surface area contributed by atoms with E-state index < -0.39 is 0 Å². The number of aromatic nitrogens is 1. The van der Waals surface area contributed by atoms with Crippen LogP contribution in [0.3, 0.4) is 0 Å². The summed E-state index contributed by atoms with van der Waals surface area (Å²) in [7, 11) is 0. The van der Waals surface area contributed by atoms with Gasteiger partial charge < -0.3 is 16.0 Å². The first-order valence-electron chi connectivity index (χ1n) is 6.86. The number of rotatable bonds is 4. The molecule has 1 aromatic rings. The lowest BCUT2D eigenvalue weighted by Crippen LogP contribution is -2.50. The second kappa shape index (κ2) is 7.00. The SMILES string of the molecule is CC1CNCCC1NC(=O)CNC(=O)c1ccccn1. The lowest BCUT2D eigenvalue weighted by Gasteiger charge is -2.30. The van der Waals surface area contributed by atoms with Gasteiger partial charge in [0.25, 0.3) is 5.91 Å². The van der Waals surface area contributed by atoms with Gasteiger partial charge in [0.2, 0.25) is 5.91 Å². The van der Waals surface area contributed by atoms with Crippen LogP contribution >= 0.6 is 0 Å². The Labute approximate surface area is 118 Å². The van der Waals surface area contributed by atoms with Gasteiger partial charge in [-0.05, 0) is 37.6 Å². The van der Waals surface area contributed by atoms with Crippen molar-refractivity contribution in [3.05, 3.63) is 30.1 Å². The van der Waals surface area contributed by atoms with E-state index in [4.69, 9.17) is 0 Å². The summed E-state index contributed by atoms with van der Waals surface area (Å²) in [6.45, 7) is 3.90. The highest BCUT2D eigenvalue weighted by molar-refractivity contribution is 5.94. The molecular weight excluding hydrogens is 256 g/mol. The molecule has 0 spiro atoms. The van der Waals surface area contributed by atoms with Crippen molar-refractivity contribution >= 4 is 11.8 Å². The molecule has 20 heavy (non-hydrogen) atoms. The number of carbonyl (C=O) groups excluding carboxylic acids is 2. The number of nitrogens with zero attached hydrogens (tertiary/aromatic N) is 1. The van der Waals surface area contributed by atoms with Crippen LogP contribution in [0.1, 0.15) is 23.8 Å². The molecule has 2 atom stereocenters. The summed E-state index contributed by atoms with van der Waals surface area (Å²) in [5, 5.41) is 8.82.